The monoisotopic (exact) mass is 384 g/mol. The van der Waals surface area contributed by atoms with Crippen LogP contribution in [0.5, 0.6) is 0 Å². The van der Waals surface area contributed by atoms with Gasteiger partial charge in [-0.2, -0.15) is 0 Å². The number of amides is 1. The topological polar surface area (TPSA) is 135 Å². The minimum atomic E-state index is -1.43. The van der Waals surface area contributed by atoms with Gasteiger partial charge in [-0.3, -0.25) is 9.59 Å². The molecule has 1 atom stereocenters. The minimum absolute atomic E-state index is 0.283. The van der Waals surface area contributed by atoms with Gasteiger partial charge in [-0.05, 0) is 36.5 Å². The van der Waals surface area contributed by atoms with Crippen molar-refractivity contribution in [2.45, 2.75) is 25.8 Å². The summed E-state index contributed by atoms with van der Waals surface area (Å²) in [5.74, 6) is -3.71. The molecule has 1 aliphatic rings. The van der Waals surface area contributed by atoms with E-state index < -0.39 is 29.2 Å². The summed E-state index contributed by atoms with van der Waals surface area (Å²) in [5, 5.41) is 11.9. The van der Waals surface area contributed by atoms with Crippen molar-refractivity contribution in [3.63, 3.8) is 0 Å². The predicted octanol–water partition coefficient (Wildman–Crippen LogP) is 1.94. The molecule has 0 spiro atoms. The van der Waals surface area contributed by atoms with Gasteiger partial charge in [0, 0.05) is 17.8 Å². The van der Waals surface area contributed by atoms with Crippen LogP contribution in [-0.2, 0) is 6.42 Å². The lowest BCUT2D eigenvalue weighted by Crippen LogP contribution is -2.28. The molecule has 0 aliphatic heterocycles. The van der Waals surface area contributed by atoms with E-state index in [9.17, 15) is 18.8 Å². The number of benzene rings is 1. The number of aromatic nitrogens is 2. The van der Waals surface area contributed by atoms with Gasteiger partial charge in [-0.15, -0.1) is 0 Å². The van der Waals surface area contributed by atoms with E-state index in [1.165, 1.54) is 0 Å². The van der Waals surface area contributed by atoms with Gasteiger partial charge in [0.15, 0.2) is 17.3 Å². The summed E-state index contributed by atoms with van der Waals surface area (Å²) in [7, 11) is 0. The SMILES string of the molecule is Cc1c(C=O)ccc2c1CCC2NC(=O)c1cc(C(=O)O)nc(/C(F)=C\N)n1. The molecule has 1 unspecified atom stereocenters. The van der Waals surface area contributed by atoms with Crippen molar-refractivity contribution in [1.29, 1.82) is 0 Å². The second kappa shape index (κ2) is 7.55. The fourth-order valence-corrected chi connectivity index (χ4v) is 3.26. The van der Waals surface area contributed by atoms with Crippen LogP contribution in [0.25, 0.3) is 5.83 Å². The average Bonchev–Trinajstić information content (AvgIpc) is 3.10. The molecule has 1 aromatic carbocycles. The molecular weight excluding hydrogens is 367 g/mol. The van der Waals surface area contributed by atoms with Crippen molar-refractivity contribution >= 4 is 24.0 Å². The van der Waals surface area contributed by atoms with Crippen LogP contribution in [0.15, 0.2) is 24.4 Å². The molecule has 0 fully saturated rings. The molecule has 0 bridgehead atoms. The van der Waals surface area contributed by atoms with E-state index in [2.05, 4.69) is 15.3 Å². The van der Waals surface area contributed by atoms with Crippen LogP contribution >= 0.6 is 0 Å². The molecule has 0 saturated carbocycles. The predicted molar refractivity (Wildman–Crippen MR) is 97.4 cm³/mol. The third-order valence-electron chi connectivity index (χ3n) is 4.71. The van der Waals surface area contributed by atoms with Gasteiger partial charge in [0.1, 0.15) is 12.0 Å². The first-order valence-corrected chi connectivity index (χ1v) is 8.44. The number of aromatic carboxylic acids is 1. The number of carboxylic acid groups (broad SMARTS) is 1. The number of nitrogens with one attached hydrogen (secondary N) is 1. The lowest BCUT2D eigenvalue weighted by Gasteiger charge is -2.15. The number of hydrogen-bond acceptors (Lipinski definition) is 6. The fraction of sp³-hybridized carbons (Fsp3) is 0.211. The Bertz CT molecular complexity index is 1020. The van der Waals surface area contributed by atoms with E-state index in [1.807, 2.05) is 6.92 Å². The summed E-state index contributed by atoms with van der Waals surface area (Å²) in [4.78, 5) is 42.3. The Morgan fingerprint density at radius 3 is 2.68 bits per heavy atom. The highest BCUT2D eigenvalue weighted by molar-refractivity contribution is 5.95. The zero-order valence-corrected chi connectivity index (χ0v) is 14.9. The van der Waals surface area contributed by atoms with Gasteiger partial charge in [-0.1, -0.05) is 12.1 Å². The van der Waals surface area contributed by atoms with Gasteiger partial charge < -0.3 is 16.2 Å². The molecule has 2 aromatic rings. The van der Waals surface area contributed by atoms with E-state index in [0.29, 0.717) is 24.6 Å². The minimum Gasteiger partial charge on any atom is -0.477 e. The van der Waals surface area contributed by atoms with Gasteiger partial charge in [0.25, 0.3) is 5.91 Å². The largest absolute Gasteiger partial charge is 0.477 e. The van der Waals surface area contributed by atoms with Crippen LogP contribution in [-0.4, -0.2) is 33.2 Å². The number of hydrogen-bond donors (Lipinski definition) is 3. The summed E-state index contributed by atoms with van der Waals surface area (Å²) in [6, 6.07) is 4.12. The summed E-state index contributed by atoms with van der Waals surface area (Å²) >= 11 is 0. The molecule has 0 saturated heterocycles. The molecule has 8 nitrogen and oxygen atoms in total. The number of carbonyl (C=O) groups is 3. The lowest BCUT2D eigenvalue weighted by atomic mass is 9.98. The van der Waals surface area contributed by atoms with Crippen LogP contribution in [0.3, 0.4) is 0 Å². The summed E-state index contributed by atoms with van der Waals surface area (Å²) in [5.41, 5.74) is 7.64. The number of carboxylic acids is 1. The van der Waals surface area contributed by atoms with E-state index in [4.69, 9.17) is 10.8 Å². The van der Waals surface area contributed by atoms with Crippen molar-refractivity contribution in [3.8, 4) is 0 Å². The highest BCUT2D eigenvalue weighted by atomic mass is 19.1. The molecule has 1 heterocycles. The zero-order valence-electron chi connectivity index (χ0n) is 14.9. The van der Waals surface area contributed by atoms with Crippen molar-refractivity contribution in [2.24, 2.45) is 5.73 Å². The van der Waals surface area contributed by atoms with Gasteiger partial charge in [-0.25, -0.2) is 19.2 Å². The lowest BCUT2D eigenvalue weighted by molar-refractivity contribution is 0.0690. The number of aldehydes is 1. The van der Waals surface area contributed by atoms with Crippen LogP contribution in [0, 0.1) is 6.92 Å². The summed E-state index contributed by atoms with van der Waals surface area (Å²) in [6.45, 7) is 1.85. The van der Waals surface area contributed by atoms with Crippen LogP contribution in [0.1, 0.15) is 66.3 Å². The molecule has 144 valence electrons. The highest BCUT2D eigenvalue weighted by Crippen LogP contribution is 2.34. The van der Waals surface area contributed by atoms with E-state index in [1.54, 1.807) is 12.1 Å². The second-order valence-corrected chi connectivity index (χ2v) is 6.31. The van der Waals surface area contributed by atoms with E-state index in [-0.39, 0.29) is 11.7 Å². The third-order valence-corrected chi connectivity index (χ3v) is 4.71. The molecule has 3 rings (SSSR count). The number of nitrogens with two attached hydrogens (primary N) is 1. The van der Waals surface area contributed by atoms with Crippen molar-refractivity contribution < 1.29 is 23.9 Å². The maximum absolute atomic E-state index is 13.7. The molecule has 0 radical (unpaired) electrons. The van der Waals surface area contributed by atoms with Crippen molar-refractivity contribution in [3.05, 3.63) is 63.9 Å². The first-order chi connectivity index (χ1) is 13.3. The molecular formula is C19H17FN4O4. The maximum Gasteiger partial charge on any atom is 0.354 e. The Labute approximate surface area is 159 Å². The summed E-state index contributed by atoms with van der Waals surface area (Å²) < 4.78 is 13.7. The quantitative estimate of drug-likeness (QED) is 0.670. The van der Waals surface area contributed by atoms with Crippen LogP contribution in [0.2, 0.25) is 0 Å². The number of nitrogens with zero attached hydrogens (tertiary/aromatic N) is 2. The smallest absolute Gasteiger partial charge is 0.354 e. The Kier molecular flexibility index (Phi) is 5.16. The number of carbonyl (C=O) groups excluding carboxylic acids is 2. The summed E-state index contributed by atoms with van der Waals surface area (Å²) in [6.07, 6.45) is 2.68. The molecule has 1 amide bonds. The normalized spacial score (nSPS) is 15.8. The Hall–Kier alpha value is -3.62. The Balaban J connectivity index is 1.91. The Morgan fingerprint density at radius 1 is 1.32 bits per heavy atom. The zero-order chi connectivity index (χ0) is 20.4. The van der Waals surface area contributed by atoms with E-state index >= 15 is 0 Å². The van der Waals surface area contributed by atoms with Crippen LogP contribution in [0.4, 0.5) is 4.39 Å². The molecule has 1 aromatic heterocycles. The fourth-order valence-electron chi connectivity index (χ4n) is 3.26. The first-order valence-electron chi connectivity index (χ1n) is 8.44. The van der Waals surface area contributed by atoms with Crippen molar-refractivity contribution in [2.75, 3.05) is 0 Å². The second-order valence-electron chi connectivity index (χ2n) is 6.31. The number of fused-ring (bicyclic) bond motifs is 1. The number of halogens is 1. The molecule has 9 heteroatoms. The van der Waals surface area contributed by atoms with Gasteiger partial charge in [0.2, 0.25) is 0 Å². The third kappa shape index (κ3) is 3.46. The van der Waals surface area contributed by atoms with Gasteiger partial charge in [0.05, 0.1) is 6.04 Å². The maximum atomic E-state index is 13.7. The average molecular weight is 384 g/mol. The molecule has 28 heavy (non-hydrogen) atoms. The van der Waals surface area contributed by atoms with E-state index in [0.717, 1.165) is 29.0 Å². The van der Waals surface area contributed by atoms with Crippen LogP contribution < -0.4 is 11.1 Å². The highest BCUT2D eigenvalue weighted by Gasteiger charge is 2.27. The Morgan fingerprint density at radius 2 is 2.04 bits per heavy atom. The number of rotatable bonds is 5. The molecule has 4 N–H and O–H groups in total. The van der Waals surface area contributed by atoms with Crippen molar-refractivity contribution in [1.82, 2.24) is 15.3 Å². The first kappa shape index (κ1) is 19.2. The molecule has 1 aliphatic carbocycles. The van der Waals surface area contributed by atoms with Gasteiger partial charge >= 0.3 is 5.97 Å². The standard InChI is InChI=1S/C19H17FN4O4/c1-9-10(8-25)2-3-12-11(9)4-5-14(12)24-18(26)15-6-16(19(27)28)23-17(22-15)13(20)7-21/h2-3,6-8,14H,4-5,21H2,1H3,(H,24,26)(H,27,28)/b13-7+.